The molecule has 0 bridgehead atoms. The number of hydrogen-bond donors (Lipinski definition) is 3. The monoisotopic (exact) mass is 265 g/mol. The normalized spacial score (nSPS) is 12.5. The van der Waals surface area contributed by atoms with Crippen LogP contribution in [-0.2, 0) is 17.9 Å². The maximum absolute atomic E-state index is 11.3. The van der Waals surface area contributed by atoms with E-state index in [1.165, 1.54) is 0 Å². The quantitative estimate of drug-likeness (QED) is 0.737. The Morgan fingerprint density at radius 3 is 2.00 bits per heavy atom. The van der Waals surface area contributed by atoms with Gasteiger partial charge in [-0.1, -0.05) is 24.3 Å². The van der Waals surface area contributed by atoms with Gasteiger partial charge in [0.2, 0.25) is 0 Å². The summed E-state index contributed by atoms with van der Waals surface area (Å²) >= 11 is 0. The topological polar surface area (TPSA) is 69.6 Å². The van der Waals surface area contributed by atoms with E-state index in [0.717, 1.165) is 11.1 Å². The van der Waals surface area contributed by atoms with Gasteiger partial charge in [-0.15, -0.1) is 0 Å². The molecule has 0 amide bonds. The molecule has 0 aliphatic heterocycles. The molecule has 1 aromatic carbocycles. The second-order valence-corrected chi connectivity index (χ2v) is 5.88. The first-order chi connectivity index (χ1) is 8.70. The molecule has 0 radical (unpaired) electrons. The van der Waals surface area contributed by atoms with Crippen LogP contribution in [0.15, 0.2) is 24.3 Å². The highest BCUT2D eigenvalue weighted by molar-refractivity contribution is 5.75. The molecule has 3 N–H and O–H groups in total. The first-order valence-electron chi connectivity index (χ1n) is 6.38. The van der Waals surface area contributed by atoms with Crippen molar-refractivity contribution in [2.75, 3.05) is 0 Å². The molecule has 106 valence electrons. The molecule has 0 saturated heterocycles. The van der Waals surface area contributed by atoms with E-state index in [9.17, 15) is 9.90 Å². The zero-order valence-corrected chi connectivity index (χ0v) is 12.0. The van der Waals surface area contributed by atoms with Gasteiger partial charge in [-0.3, -0.25) is 4.79 Å². The molecule has 0 fully saturated rings. The Morgan fingerprint density at radius 1 is 1.11 bits per heavy atom. The number of aliphatic carboxylic acids is 1. The molecule has 0 unspecified atom stereocenters. The predicted octanol–water partition coefficient (Wildman–Crippen LogP) is 2.16. The van der Waals surface area contributed by atoms with Crippen LogP contribution >= 0.6 is 0 Å². The Morgan fingerprint density at radius 2 is 1.58 bits per heavy atom. The van der Waals surface area contributed by atoms with Crippen LogP contribution in [0.25, 0.3) is 0 Å². The molecule has 0 aromatic heterocycles. The van der Waals surface area contributed by atoms with Gasteiger partial charge in [0, 0.05) is 12.1 Å². The lowest BCUT2D eigenvalue weighted by Crippen LogP contribution is -2.54. The van der Waals surface area contributed by atoms with Crippen molar-refractivity contribution in [3.8, 4) is 0 Å². The second kappa shape index (κ2) is 5.72. The van der Waals surface area contributed by atoms with E-state index in [4.69, 9.17) is 5.11 Å². The van der Waals surface area contributed by atoms with Crippen molar-refractivity contribution < 1.29 is 15.0 Å². The van der Waals surface area contributed by atoms with Crippen molar-refractivity contribution in [2.24, 2.45) is 5.41 Å². The van der Waals surface area contributed by atoms with Crippen molar-refractivity contribution in [1.29, 1.82) is 0 Å². The minimum absolute atomic E-state index is 0.0330. The maximum atomic E-state index is 11.3. The number of aliphatic hydroxyl groups is 1. The van der Waals surface area contributed by atoms with Crippen LogP contribution in [0.1, 0.15) is 38.8 Å². The molecule has 0 atom stereocenters. The second-order valence-electron chi connectivity index (χ2n) is 5.88. The fraction of sp³-hybridized carbons (Fsp3) is 0.533. The van der Waals surface area contributed by atoms with E-state index in [-0.39, 0.29) is 6.61 Å². The first-order valence-corrected chi connectivity index (χ1v) is 6.38. The summed E-state index contributed by atoms with van der Waals surface area (Å²) < 4.78 is 0. The Kier molecular flexibility index (Phi) is 4.71. The fourth-order valence-corrected chi connectivity index (χ4v) is 1.57. The average molecular weight is 265 g/mol. The van der Waals surface area contributed by atoms with Gasteiger partial charge in [0.25, 0.3) is 0 Å². The molecule has 4 heteroatoms. The standard InChI is InChI=1S/C15H23NO3/c1-14(2,13(18)19)15(3,4)16-9-11-5-7-12(10-17)8-6-11/h5-8,16-17H,9-10H2,1-4H3,(H,18,19). The first kappa shape index (κ1) is 15.7. The minimum Gasteiger partial charge on any atom is -0.481 e. The van der Waals surface area contributed by atoms with Crippen molar-refractivity contribution in [1.82, 2.24) is 5.32 Å². The van der Waals surface area contributed by atoms with Gasteiger partial charge in [0.15, 0.2) is 0 Å². The Bertz CT molecular complexity index is 435. The maximum Gasteiger partial charge on any atom is 0.310 e. The summed E-state index contributed by atoms with van der Waals surface area (Å²) in [5.74, 6) is -0.819. The summed E-state index contributed by atoms with van der Waals surface area (Å²) in [4.78, 5) is 11.3. The molecule has 1 aromatic rings. The number of benzene rings is 1. The van der Waals surface area contributed by atoms with E-state index in [1.807, 2.05) is 38.1 Å². The third-order valence-electron chi connectivity index (χ3n) is 4.04. The van der Waals surface area contributed by atoms with Crippen LogP contribution in [0.5, 0.6) is 0 Å². The highest BCUT2D eigenvalue weighted by Crippen LogP contribution is 2.30. The Labute approximate surface area is 114 Å². The van der Waals surface area contributed by atoms with Crippen LogP contribution in [-0.4, -0.2) is 21.7 Å². The summed E-state index contributed by atoms with van der Waals surface area (Å²) in [6.45, 7) is 7.85. The van der Waals surface area contributed by atoms with Gasteiger partial charge in [-0.2, -0.15) is 0 Å². The van der Waals surface area contributed by atoms with Crippen molar-refractivity contribution in [2.45, 2.75) is 46.4 Å². The van der Waals surface area contributed by atoms with Gasteiger partial charge in [0.05, 0.1) is 12.0 Å². The largest absolute Gasteiger partial charge is 0.481 e. The molecule has 0 saturated carbocycles. The van der Waals surface area contributed by atoms with Gasteiger partial charge in [-0.05, 0) is 38.8 Å². The number of carboxylic acids is 1. The molecule has 19 heavy (non-hydrogen) atoms. The van der Waals surface area contributed by atoms with Crippen LogP contribution in [0.4, 0.5) is 0 Å². The zero-order valence-electron chi connectivity index (χ0n) is 12.0. The Balaban J connectivity index is 2.71. The van der Waals surface area contributed by atoms with Crippen molar-refractivity contribution in [3.63, 3.8) is 0 Å². The summed E-state index contributed by atoms with van der Waals surface area (Å²) in [6.07, 6.45) is 0. The number of aliphatic hydroxyl groups excluding tert-OH is 1. The molecule has 1 rings (SSSR count). The summed E-state index contributed by atoms with van der Waals surface area (Å²) in [6, 6.07) is 7.60. The third-order valence-corrected chi connectivity index (χ3v) is 4.04. The number of carboxylic acid groups (broad SMARTS) is 1. The van der Waals surface area contributed by atoms with Crippen LogP contribution < -0.4 is 5.32 Å². The average Bonchev–Trinajstić information content (AvgIpc) is 2.36. The van der Waals surface area contributed by atoms with Crippen LogP contribution in [0, 0.1) is 5.41 Å². The number of nitrogens with one attached hydrogen (secondary N) is 1. The van der Waals surface area contributed by atoms with E-state index in [1.54, 1.807) is 13.8 Å². The van der Waals surface area contributed by atoms with E-state index in [0.29, 0.717) is 6.54 Å². The van der Waals surface area contributed by atoms with Gasteiger partial charge in [0.1, 0.15) is 0 Å². The number of hydrogen-bond acceptors (Lipinski definition) is 3. The highest BCUT2D eigenvalue weighted by Gasteiger charge is 2.42. The van der Waals surface area contributed by atoms with Crippen LogP contribution in [0.2, 0.25) is 0 Å². The molecular weight excluding hydrogens is 242 g/mol. The lowest BCUT2D eigenvalue weighted by molar-refractivity contribution is -0.151. The van der Waals surface area contributed by atoms with Crippen molar-refractivity contribution >= 4 is 5.97 Å². The van der Waals surface area contributed by atoms with Crippen molar-refractivity contribution in [3.05, 3.63) is 35.4 Å². The van der Waals surface area contributed by atoms with E-state index >= 15 is 0 Å². The lowest BCUT2D eigenvalue weighted by Gasteiger charge is -2.39. The third kappa shape index (κ3) is 3.55. The zero-order chi connectivity index (χ0) is 14.7. The summed E-state index contributed by atoms with van der Waals surface area (Å²) in [5, 5.41) is 21.5. The summed E-state index contributed by atoms with van der Waals surface area (Å²) in [5.41, 5.74) is 0.535. The van der Waals surface area contributed by atoms with Gasteiger partial charge >= 0.3 is 5.97 Å². The van der Waals surface area contributed by atoms with Crippen LogP contribution in [0.3, 0.4) is 0 Å². The number of rotatable bonds is 6. The predicted molar refractivity (Wildman–Crippen MR) is 74.7 cm³/mol. The molecule has 0 spiro atoms. The van der Waals surface area contributed by atoms with E-state index in [2.05, 4.69) is 5.32 Å². The van der Waals surface area contributed by atoms with Gasteiger partial charge in [-0.25, -0.2) is 0 Å². The Hall–Kier alpha value is -1.39. The summed E-state index contributed by atoms with van der Waals surface area (Å²) in [7, 11) is 0. The molecular formula is C15H23NO3. The van der Waals surface area contributed by atoms with E-state index < -0.39 is 16.9 Å². The SMILES string of the molecule is CC(C)(NCc1ccc(CO)cc1)C(C)(C)C(=O)O. The number of carbonyl (C=O) groups is 1. The molecule has 0 aliphatic rings. The smallest absolute Gasteiger partial charge is 0.310 e. The van der Waals surface area contributed by atoms with Gasteiger partial charge < -0.3 is 15.5 Å². The molecule has 4 nitrogen and oxygen atoms in total. The fourth-order valence-electron chi connectivity index (χ4n) is 1.57. The lowest BCUT2D eigenvalue weighted by atomic mass is 9.74. The molecule has 0 aliphatic carbocycles. The minimum atomic E-state index is -0.863. The highest BCUT2D eigenvalue weighted by atomic mass is 16.4. The molecule has 0 heterocycles.